The van der Waals surface area contributed by atoms with E-state index in [1.165, 1.54) is 133 Å². The average Bonchev–Trinajstić information content (AvgIpc) is 1.58. The fourth-order valence-electron chi connectivity index (χ4n) is 17.0. The normalized spacial score (nSPS) is 14.5. The lowest BCUT2D eigenvalue weighted by molar-refractivity contribution is 0.324. The third kappa shape index (κ3) is 15.1. The number of hydrogen-bond donors (Lipinski definition) is 0. The minimum atomic E-state index is -1.61. The van der Waals surface area contributed by atoms with Crippen LogP contribution in [0.1, 0.15) is 233 Å². The zero-order valence-electron chi connectivity index (χ0n) is 71.8. The van der Waals surface area contributed by atoms with E-state index in [0.29, 0.717) is 0 Å². The van der Waals surface area contributed by atoms with Gasteiger partial charge in [0.25, 0.3) is 0 Å². The maximum atomic E-state index is 8.04. The Balaban J connectivity index is 0.799. The minimum Gasteiger partial charge on any atom is -0.436 e. The number of rotatable bonds is 12. The van der Waals surface area contributed by atoms with E-state index in [1.54, 1.807) is 0 Å². The van der Waals surface area contributed by atoms with Gasteiger partial charge in [-0.15, -0.1) is 0 Å². The van der Waals surface area contributed by atoms with Gasteiger partial charge in [0, 0.05) is 46.3 Å². The summed E-state index contributed by atoms with van der Waals surface area (Å²) in [4.78, 5) is 0. The minimum absolute atomic E-state index is 0.0287. The molecule has 1 spiro atoms. The highest BCUT2D eigenvalue weighted by Gasteiger charge is 2.45. The number of fused-ring (bicyclic) bond motifs is 6. The van der Waals surface area contributed by atoms with E-state index in [2.05, 4.69) is 415 Å². The van der Waals surface area contributed by atoms with Crippen molar-refractivity contribution >= 4 is 60.5 Å². The molecule has 8 heteroatoms. The number of aromatic nitrogens is 4. The molecule has 0 saturated carbocycles. The predicted molar refractivity (Wildman–Crippen MR) is 486 cm³/mol. The molecule has 0 amide bonds. The molecule has 4 heterocycles. The van der Waals surface area contributed by atoms with Gasteiger partial charge in [0.15, 0.2) is 0 Å². The Morgan fingerprint density at radius 2 is 0.460 bits per heavy atom. The second-order valence-electron chi connectivity index (χ2n) is 41.6. The monoisotopic (exact) mass is 1530 g/mol. The zero-order valence-corrected chi connectivity index (χ0v) is 73.6. The summed E-state index contributed by atoms with van der Waals surface area (Å²) in [7, 11) is -3.23. The topological polar surface area (TPSA) is 38.2 Å². The van der Waals surface area contributed by atoms with E-state index >= 15 is 0 Å². The molecule has 580 valence electrons. The van der Waals surface area contributed by atoms with E-state index in [1.807, 2.05) is 0 Å². The summed E-state index contributed by atoms with van der Waals surface area (Å²) in [5.41, 5.74) is 30.1. The van der Waals surface area contributed by atoms with Crippen LogP contribution < -0.4 is 9.05 Å². The van der Waals surface area contributed by atoms with Crippen LogP contribution in [0.3, 0.4) is 0 Å². The predicted octanol–water partition coefficient (Wildman–Crippen LogP) is 29.8. The fourth-order valence-corrected chi connectivity index (χ4v) is 20.6. The van der Waals surface area contributed by atoms with Gasteiger partial charge in [-0.3, -0.25) is 17.4 Å². The molecule has 16 rings (SSSR count). The van der Waals surface area contributed by atoms with Crippen LogP contribution in [0.5, 0.6) is 11.5 Å². The molecule has 10 aromatic carbocycles. The lowest BCUT2D eigenvalue weighted by Gasteiger charge is -2.27. The number of nitrogens with zero attached hydrogens (tertiary/aromatic N) is 4. The summed E-state index contributed by atoms with van der Waals surface area (Å²) in [6.45, 7) is 56.0. The molecule has 4 aromatic heterocycles. The van der Waals surface area contributed by atoms with Gasteiger partial charge in [0.05, 0.1) is 22.1 Å². The van der Waals surface area contributed by atoms with Gasteiger partial charge < -0.3 is 9.05 Å². The Hall–Kier alpha value is -9.18. The highest BCUT2D eigenvalue weighted by molar-refractivity contribution is 7.50. The van der Waals surface area contributed by atoms with E-state index in [0.717, 1.165) is 59.2 Å². The first-order valence-corrected chi connectivity index (χ1v) is 43.5. The third-order valence-corrected chi connectivity index (χ3v) is 28.1. The Morgan fingerprint density at radius 1 is 0.239 bits per heavy atom. The van der Waals surface area contributed by atoms with Crippen molar-refractivity contribution < 1.29 is 9.05 Å². The summed E-state index contributed by atoms with van der Waals surface area (Å²) in [5, 5.41) is 4.72. The molecular formula is C105H118N4O2P2. The van der Waals surface area contributed by atoms with Gasteiger partial charge >= 0.3 is 16.9 Å². The molecule has 0 atom stereocenters. The summed E-state index contributed by atoms with van der Waals surface area (Å²) in [5.74, 6) is 1.91. The lowest BCUT2D eigenvalue weighted by atomic mass is 9.79. The average molecular weight is 1530 g/mol. The Bertz CT molecular complexity index is 5260. The molecule has 0 aliphatic heterocycles. The Kier molecular flexibility index (Phi) is 18.9. The molecule has 0 radical (unpaired) electrons. The molecule has 2 aliphatic carbocycles. The molecule has 0 saturated heterocycles. The summed E-state index contributed by atoms with van der Waals surface area (Å²) < 4.78 is 25.9. The van der Waals surface area contributed by atoms with Crippen LogP contribution in [0.15, 0.2) is 231 Å². The third-order valence-electron chi connectivity index (χ3n) is 24.5. The molecule has 14 aromatic rings. The van der Waals surface area contributed by atoms with Gasteiger partial charge in [-0.05, 0) is 246 Å². The zero-order chi connectivity index (χ0) is 80.4. The standard InChI is InChI=1S/C105H118N4O2P2/c1-97(2,3)81-47-77(48-82(59-81)98(4,5)6)71-35-31-67-39-43-106(91(67)55-71)112(107-44-40-68-32-36-72(56-92(68)107)78-49-83(99(7,8)9)60-84(50-78)100(10,11)12)110-95-29-25-27-75-63-105(65-89(75)95)64-76-28-26-30-96(90(76)66-105)111-113(108-45-41-69-33-37-73(57-93(69)108)79-51-85(101(13,14)15)61-86(52-79)102(16,17)18)109-46-42-70-34-38-74(58-94(70)109)80-53-87(103(19,20)21)62-88(54-80)104(22,23)24/h25-62H,63-66H2,1-24H3. The van der Waals surface area contributed by atoms with Gasteiger partial charge in [0.2, 0.25) is 0 Å². The fraction of sp³-hybridized carbons (Fsp3) is 0.352. The van der Waals surface area contributed by atoms with Crippen LogP contribution in [-0.4, -0.2) is 17.4 Å². The number of hydrogen-bond acceptors (Lipinski definition) is 2. The maximum Gasteiger partial charge on any atom is 0.318 e. The first-order chi connectivity index (χ1) is 52.9. The van der Waals surface area contributed by atoms with Crippen molar-refractivity contribution in [1.82, 2.24) is 17.4 Å². The lowest BCUT2D eigenvalue weighted by Crippen LogP contribution is -2.21. The highest BCUT2D eigenvalue weighted by Crippen LogP contribution is 2.57. The summed E-state index contributed by atoms with van der Waals surface area (Å²) in [6, 6.07) is 80.3. The molecule has 0 fully saturated rings. The molecule has 0 bridgehead atoms. The van der Waals surface area contributed by atoms with Gasteiger partial charge in [-0.1, -0.05) is 312 Å². The van der Waals surface area contributed by atoms with Crippen molar-refractivity contribution in [3.05, 3.63) is 298 Å². The van der Waals surface area contributed by atoms with Crippen molar-refractivity contribution in [2.75, 3.05) is 0 Å². The van der Waals surface area contributed by atoms with Gasteiger partial charge in [-0.25, -0.2) is 0 Å². The van der Waals surface area contributed by atoms with E-state index in [9.17, 15) is 0 Å². The molecule has 6 nitrogen and oxygen atoms in total. The van der Waals surface area contributed by atoms with E-state index < -0.39 is 16.9 Å². The van der Waals surface area contributed by atoms with Crippen LogP contribution in [0.2, 0.25) is 0 Å². The highest BCUT2D eigenvalue weighted by atomic mass is 31.2. The van der Waals surface area contributed by atoms with Crippen LogP contribution in [0, 0.1) is 5.41 Å². The van der Waals surface area contributed by atoms with Crippen molar-refractivity contribution in [2.45, 2.75) is 235 Å². The van der Waals surface area contributed by atoms with Gasteiger partial charge in [0.1, 0.15) is 11.5 Å². The number of benzene rings is 10. The van der Waals surface area contributed by atoms with Crippen LogP contribution >= 0.6 is 16.9 Å². The SMILES string of the molecule is CC(C)(C)c1cc(-c2ccc3ccn(P(Oc4cccc5c4CC4(C5)Cc5cccc(OP(n6ccc7ccc(-c8cc(C(C)(C)C)cc(C(C)(C)C)c8)cc76)n6ccc7ccc(-c8cc(C(C)(C)C)cc(C(C)(C)C)c8)cc76)c5C4)n4ccc5ccc(-c6cc(C(C)(C)C)cc(C(C)(C)C)c6)cc54)c3c2)cc(C(C)(C)C)c1. The Morgan fingerprint density at radius 3 is 0.673 bits per heavy atom. The second-order valence-corrected chi connectivity index (χ2v) is 44.7. The molecular weight excluding hydrogens is 1410 g/mol. The molecule has 0 N–H and O–H groups in total. The summed E-state index contributed by atoms with van der Waals surface area (Å²) in [6.07, 6.45) is 12.8. The first-order valence-electron chi connectivity index (χ1n) is 41.2. The molecule has 0 unspecified atom stereocenters. The second kappa shape index (κ2) is 27.5. The van der Waals surface area contributed by atoms with Gasteiger partial charge in [-0.2, -0.15) is 0 Å². The summed E-state index contributed by atoms with van der Waals surface area (Å²) >= 11 is 0. The molecule has 113 heavy (non-hydrogen) atoms. The van der Waals surface area contributed by atoms with Crippen molar-refractivity contribution in [2.24, 2.45) is 5.41 Å². The van der Waals surface area contributed by atoms with E-state index in [-0.39, 0.29) is 48.7 Å². The smallest absolute Gasteiger partial charge is 0.318 e. The van der Waals surface area contributed by atoms with Crippen molar-refractivity contribution in [3.63, 3.8) is 0 Å². The van der Waals surface area contributed by atoms with Crippen LogP contribution in [0.25, 0.3) is 88.1 Å². The largest absolute Gasteiger partial charge is 0.436 e. The van der Waals surface area contributed by atoms with Crippen molar-refractivity contribution in [1.29, 1.82) is 0 Å². The maximum absolute atomic E-state index is 8.04. The molecule has 2 aliphatic rings. The quantitative estimate of drug-likeness (QED) is 0.114. The first kappa shape index (κ1) is 77.7. The van der Waals surface area contributed by atoms with E-state index in [4.69, 9.17) is 9.05 Å². The van der Waals surface area contributed by atoms with Crippen LogP contribution in [-0.2, 0) is 69.0 Å². The Labute approximate surface area is 676 Å². The van der Waals surface area contributed by atoms with Crippen molar-refractivity contribution in [3.8, 4) is 56.0 Å². The van der Waals surface area contributed by atoms with Crippen LogP contribution in [0.4, 0.5) is 0 Å².